The van der Waals surface area contributed by atoms with E-state index in [1.54, 1.807) is 36.4 Å². The maximum Gasteiger partial charge on any atom is 0.349 e. The number of para-hydroxylation sites is 1. The molecule has 0 fully saturated rings. The van der Waals surface area contributed by atoms with Crippen LogP contribution in [0.25, 0.3) is 10.9 Å². The minimum atomic E-state index is -0.608. The van der Waals surface area contributed by atoms with Crippen LogP contribution >= 0.6 is 15.9 Å². The van der Waals surface area contributed by atoms with E-state index in [0.29, 0.717) is 39.0 Å². The van der Waals surface area contributed by atoms with Gasteiger partial charge < -0.3 is 14.5 Å². The third-order valence-corrected chi connectivity index (χ3v) is 5.05. The van der Waals surface area contributed by atoms with E-state index in [1.807, 2.05) is 20.8 Å². The summed E-state index contributed by atoms with van der Waals surface area (Å²) >= 11 is 3.49. The number of nitrogens with zero attached hydrogens (tertiary/aromatic N) is 2. The maximum absolute atomic E-state index is 12.6. The lowest BCUT2D eigenvalue weighted by molar-refractivity contribution is 0.203. The van der Waals surface area contributed by atoms with E-state index in [1.165, 1.54) is 6.21 Å². The van der Waals surface area contributed by atoms with Crippen LogP contribution in [0.3, 0.4) is 0 Å². The van der Waals surface area contributed by atoms with Gasteiger partial charge in [-0.05, 0) is 60.5 Å². The Morgan fingerprint density at radius 2 is 1.97 bits per heavy atom. The smallest absolute Gasteiger partial charge is 0.349 e. The number of rotatable bonds is 7. The number of hydrogen-bond acceptors (Lipinski definition) is 5. The molecule has 152 valence electrons. The lowest BCUT2D eigenvalue weighted by atomic mass is 10.2. The molecule has 1 aromatic heterocycles. The second-order valence-electron chi connectivity index (χ2n) is 6.43. The Kier molecular flexibility index (Phi) is 6.53. The second kappa shape index (κ2) is 9.09. The molecule has 0 unspecified atom stereocenters. The first-order valence-corrected chi connectivity index (χ1v) is 10.1. The SMILES string of the molecule is CCOc1cc(C=Nn2c(=O)[nH]c3ccccc3c2=O)c(Br)cc1O[C@@H](C)CC. The highest BCUT2D eigenvalue weighted by molar-refractivity contribution is 9.10. The van der Waals surface area contributed by atoms with E-state index in [4.69, 9.17) is 9.47 Å². The van der Waals surface area contributed by atoms with E-state index >= 15 is 0 Å². The van der Waals surface area contributed by atoms with Gasteiger partial charge in [0.2, 0.25) is 0 Å². The minimum Gasteiger partial charge on any atom is -0.490 e. The van der Waals surface area contributed by atoms with Crippen molar-refractivity contribution in [3.63, 3.8) is 0 Å². The van der Waals surface area contributed by atoms with Crippen LogP contribution in [-0.2, 0) is 0 Å². The molecule has 0 spiro atoms. The number of aromatic nitrogens is 2. The Bertz CT molecular complexity index is 1170. The van der Waals surface area contributed by atoms with Gasteiger partial charge >= 0.3 is 5.69 Å². The Labute approximate surface area is 176 Å². The molecule has 0 bridgehead atoms. The van der Waals surface area contributed by atoms with Crippen molar-refractivity contribution in [1.82, 2.24) is 9.66 Å². The topological polar surface area (TPSA) is 85.7 Å². The van der Waals surface area contributed by atoms with Gasteiger partial charge in [-0.3, -0.25) is 4.79 Å². The molecule has 2 aromatic carbocycles. The molecule has 1 heterocycles. The van der Waals surface area contributed by atoms with Crippen molar-refractivity contribution >= 4 is 33.0 Å². The molecule has 3 rings (SSSR count). The van der Waals surface area contributed by atoms with Gasteiger partial charge in [-0.15, -0.1) is 4.68 Å². The van der Waals surface area contributed by atoms with Gasteiger partial charge in [0.1, 0.15) is 0 Å². The monoisotopic (exact) mass is 459 g/mol. The quantitative estimate of drug-likeness (QED) is 0.542. The molecule has 8 heteroatoms. The van der Waals surface area contributed by atoms with E-state index in [2.05, 4.69) is 26.0 Å². The highest BCUT2D eigenvalue weighted by Gasteiger charge is 2.13. The maximum atomic E-state index is 12.6. The normalized spacial score (nSPS) is 12.4. The zero-order valence-electron chi connectivity index (χ0n) is 16.4. The molecule has 0 saturated heterocycles. The summed E-state index contributed by atoms with van der Waals surface area (Å²) in [6.45, 7) is 6.38. The molecule has 1 N–H and O–H groups in total. The molecule has 0 saturated carbocycles. The molecule has 29 heavy (non-hydrogen) atoms. The highest BCUT2D eigenvalue weighted by atomic mass is 79.9. The predicted molar refractivity (Wildman–Crippen MR) is 118 cm³/mol. The van der Waals surface area contributed by atoms with Gasteiger partial charge in [0.05, 0.1) is 29.8 Å². The molecule has 3 aromatic rings. The molecular formula is C21H22BrN3O4. The number of nitrogens with one attached hydrogen (secondary N) is 1. The van der Waals surface area contributed by atoms with Crippen molar-refractivity contribution in [1.29, 1.82) is 0 Å². The zero-order chi connectivity index (χ0) is 21.0. The summed E-state index contributed by atoms with van der Waals surface area (Å²) in [6.07, 6.45) is 2.33. The first kappa shape index (κ1) is 20.9. The van der Waals surface area contributed by atoms with Gasteiger partial charge in [-0.25, -0.2) is 4.79 Å². The average Bonchev–Trinajstić information content (AvgIpc) is 2.70. The molecule has 7 nitrogen and oxygen atoms in total. The number of halogens is 1. The summed E-state index contributed by atoms with van der Waals surface area (Å²) < 4.78 is 13.1. The van der Waals surface area contributed by atoms with Gasteiger partial charge in [0.25, 0.3) is 5.56 Å². The zero-order valence-corrected chi connectivity index (χ0v) is 18.0. The highest BCUT2D eigenvalue weighted by Crippen LogP contribution is 2.34. The number of hydrogen-bond donors (Lipinski definition) is 1. The summed E-state index contributed by atoms with van der Waals surface area (Å²) in [4.78, 5) is 27.5. The molecular weight excluding hydrogens is 438 g/mol. The van der Waals surface area contributed by atoms with Crippen molar-refractivity contribution in [2.45, 2.75) is 33.3 Å². The van der Waals surface area contributed by atoms with E-state index < -0.39 is 11.2 Å². The minimum absolute atomic E-state index is 0.0374. The second-order valence-corrected chi connectivity index (χ2v) is 7.28. The van der Waals surface area contributed by atoms with Crippen LogP contribution in [0, 0.1) is 0 Å². The van der Waals surface area contributed by atoms with E-state index in [0.717, 1.165) is 11.1 Å². The molecule has 0 aliphatic rings. The summed E-state index contributed by atoms with van der Waals surface area (Å²) in [6, 6.07) is 10.4. The van der Waals surface area contributed by atoms with Crippen LogP contribution in [0.15, 0.2) is 55.6 Å². The summed E-state index contributed by atoms with van der Waals surface area (Å²) in [7, 11) is 0. The van der Waals surface area contributed by atoms with Gasteiger partial charge in [-0.2, -0.15) is 5.10 Å². The Hall–Kier alpha value is -2.87. The number of benzene rings is 2. The standard InChI is InChI=1S/C21H22BrN3O4/c1-4-13(3)29-19-11-16(22)14(10-18(19)28-5-2)12-23-25-20(26)15-8-6-7-9-17(15)24-21(25)27/h6-13H,4-5H2,1-3H3,(H,24,27)/t13-/m0/s1. The Morgan fingerprint density at radius 3 is 2.69 bits per heavy atom. The van der Waals surface area contributed by atoms with Crippen molar-refractivity contribution < 1.29 is 9.47 Å². The van der Waals surface area contributed by atoms with E-state index in [-0.39, 0.29) is 6.10 Å². The molecule has 0 amide bonds. The van der Waals surface area contributed by atoms with Gasteiger partial charge in [0.15, 0.2) is 11.5 Å². The molecule has 0 aliphatic heterocycles. The van der Waals surface area contributed by atoms with Crippen LogP contribution in [0.5, 0.6) is 11.5 Å². The van der Waals surface area contributed by atoms with Gasteiger partial charge in [0, 0.05) is 10.0 Å². The van der Waals surface area contributed by atoms with E-state index in [9.17, 15) is 9.59 Å². The third kappa shape index (κ3) is 4.59. The molecule has 0 aliphatic carbocycles. The van der Waals surface area contributed by atoms with Crippen LogP contribution < -0.4 is 20.7 Å². The van der Waals surface area contributed by atoms with Crippen molar-refractivity contribution in [2.75, 3.05) is 6.61 Å². The largest absolute Gasteiger partial charge is 0.490 e. The Morgan fingerprint density at radius 1 is 1.21 bits per heavy atom. The number of aromatic amines is 1. The summed E-state index contributed by atoms with van der Waals surface area (Å²) in [5.41, 5.74) is 0.0195. The summed E-state index contributed by atoms with van der Waals surface area (Å²) in [5.74, 6) is 1.18. The van der Waals surface area contributed by atoms with Crippen molar-refractivity contribution in [3.8, 4) is 11.5 Å². The van der Waals surface area contributed by atoms with Crippen LogP contribution in [0.4, 0.5) is 0 Å². The fourth-order valence-corrected chi connectivity index (χ4v) is 3.11. The number of fused-ring (bicyclic) bond motifs is 1. The van der Waals surface area contributed by atoms with Crippen molar-refractivity contribution in [3.05, 3.63) is 67.3 Å². The first-order chi connectivity index (χ1) is 13.9. The third-order valence-electron chi connectivity index (χ3n) is 4.36. The molecule has 1 atom stereocenters. The number of ether oxygens (including phenoxy) is 2. The fraction of sp³-hybridized carbons (Fsp3) is 0.286. The van der Waals surface area contributed by atoms with Crippen LogP contribution in [0.2, 0.25) is 0 Å². The lowest BCUT2D eigenvalue weighted by Crippen LogP contribution is -2.32. The van der Waals surface area contributed by atoms with Crippen LogP contribution in [0.1, 0.15) is 32.8 Å². The lowest BCUT2D eigenvalue weighted by Gasteiger charge is -2.17. The van der Waals surface area contributed by atoms with Crippen molar-refractivity contribution in [2.24, 2.45) is 5.10 Å². The predicted octanol–water partition coefficient (Wildman–Crippen LogP) is 3.91. The average molecular weight is 460 g/mol. The van der Waals surface area contributed by atoms with Gasteiger partial charge in [-0.1, -0.05) is 19.1 Å². The summed E-state index contributed by atoms with van der Waals surface area (Å²) in [5, 5.41) is 4.49. The number of H-pyrrole nitrogens is 1. The molecule has 0 radical (unpaired) electrons. The first-order valence-electron chi connectivity index (χ1n) is 9.36. The van der Waals surface area contributed by atoms with Crippen LogP contribution in [-0.4, -0.2) is 28.6 Å². The Balaban J connectivity index is 2.03. The fourth-order valence-electron chi connectivity index (χ4n) is 2.69.